The molecule has 1 aliphatic rings. The predicted octanol–water partition coefficient (Wildman–Crippen LogP) is 1.19. The van der Waals surface area contributed by atoms with Gasteiger partial charge >= 0.3 is 0 Å². The van der Waals surface area contributed by atoms with E-state index < -0.39 is 0 Å². The number of nitrogen functional groups attached to an aromatic ring is 1. The number of carbonyl (C=O) groups is 1. The maximum atomic E-state index is 12.0. The molecule has 1 fully saturated rings. The van der Waals surface area contributed by atoms with Crippen LogP contribution in [-0.4, -0.2) is 37.1 Å². The fraction of sp³-hybridized carbons (Fsp3) is 0.500. The quantitative estimate of drug-likeness (QED) is 0.824. The zero-order valence-electron chi connectivity index (χ0n) is 8.60. The first kappa shape index (κ1) is 10.4. The van der Waals surface area contributed by atoms with Crippen molar-refractivity contribution < 1.29 is 9.53 Å². The number of ether oxygens (including phenoxy) is 1. The molecule has 0 bridgehead atoms. The maximum absolute atomic E-state index is 12.0. The average molecular weight is 226 g/mol. The van der Waals surface area contributed by atoms with Crippen LogP contribution in [0.15, 0.2) is 11.4 Å². The third-order valence-corrected chi connectivity index (χ3v) is 3.57. The van der Waals surface area contributed by atoms with Gasteiger partial charge in [-0.25, -0.2) is 0 Å². The van der Waals surface area contributed by atoms with E-state index in [0.29, 0.717) is 17.1 Å². The van der Waals surface area contributed by atoms with Crippen LogP contribution in [0.25, 0.3) is 0 Å². The number of anilines is 1. The molecule has 1 atom stereocenters. The van der Waals surface area contributed by atoms with E-state index in [-0.39, 0.29) is 12.0 Å². The Kier molecular flexibility index (Phi) is 2.93. The summed E-state index contributed by atoms with van der Waals surface area (Å²) in [6.07, 6.45) is 1.09. The molecule has 5 heteroatoms. The Labute approximate surface area is 92.6 Å². The molecule has 0 spiro atoms. The van der Waals surface area contributed by atoms with Gasteiger partial charge in [-0.05, 0) is 17.9 Å². The molecule has 2 N–H and O–H groups in total. The normalized spacial score (nSPS) is 20.9. The summed E-state index contributed by atoms with van der Waals surface area (Å²) >= 11 is 1.40. The molecule has 1 aromatic rings. The van der Waals surface area contributed by atoms with E-state index in [0.717, 1.165) is 13.0 Å². The predicted molar refractivity (Wildman–Crippen MR) is 60.0 cm³/mol. The monoisotopic (exact) mass is 226 g/mol. The minimum absolute atomic E-state index is 0.0297. The molecule has 0 aliphatic carbocycles. The van der Waals surface area contributed by atoms with E-state index in [2.05, 4.69) is 0 Å². The number of hydrogen-bond acceptors (Lipinski definition) is 4. The van der Waals surface area contributed by atoms with E-state index in [1.165, 1.54) is 11.3 Å². The SMILES string of the molecule is COC1CCN(C(=O)c2sccc2N)C1. The van der Waals surface area contributed by atoms with Crippen molar-refractivity contribution in [1.82, 2.24) is 4.90 Å². The van der Waals surface area contributed by atoms with Crippen LogP contribution in [0.3, 0.4) is 0 Å². The van der Waals surface area contributed by atoms with Crippen molar-refractivity contribution in [2.24, 2.45) is 0 Å². The van der Waals surface area contributed by atoms with Crippen LogP contribution in [0.4, 0.5) is 5.69 Å². The number of amides is 1. The second-order valence-corrected chi connectivity index (χ2v) is 4.52. The van der Waals surface area contributed by atoms with Crippen molar-refractivity contribution in [3.63, 3.8) is 0 Å². The van der Waals surface area contributed by atoms with Crippen LogP contribution in [-0.2, 0) is 4.74 Å². The molecular formula is C10H14N2O2S. The summed E-state index contributed by atoms with van der Waals surface area (Å²) in [5.74, 6) is 0.0297. The molecular weight excluding hydrogens is 212 g/mol. The van der Waals surface area contributed by atoms with Gasteiger partial charge in [0.15, 0.2) is 0 Å². The first-order chi connectivity index (χ1) is 7.22. The van der Waals surface area contributed by atoms with E-state index in [1.807, 2.05) is 5.38 Å². The smallest absolute Gasteiger partial charge is 0.266 e. The lowest BCUT2D eigenvalue weighted by Crippen LogP contribution is -2.29. The van der Waals surface area contributed by atoms with Crippen LogP contribution in [0.1, 0.15) is 16.1 Å². The zero-order valence-corrected chi connectivity index (χ0v) is 9.42. The van der Waals surface area contributed by atoms with Gasteiger partial charge in [-0.1, -0.05) is 0 Å². The van der Waals surface area contributed by atoms with Gasteiger partial charge in [-0.15, -0.1) is 11.3 Å². The zero-order chi connectivity index (χ0) is 10.8. The van der Waals surface area contributed by atoms with E-state index in [9.17, 15) is 4.79 Å². The standard InChI is InChI=1S/C10H14N2O2S/c1-14-7-2-4-12(6-7)10(13)9-8(11)3-5-15-9/h3,5,7H,2,4,6,11H2,1H3. The minimum Gasteiger partial charge on any atom is -0.397 e. The number of hydrogen-bond donors (Lipinski definition) is 1. The van der Waals surface area contributed by atoms with Gasteiger partial charge in [0.25, 0.3) is 5.91 Å². The highest BCUT2D eigenvalue weighted by Crippen LogP contribution is 2.23. The number of nitrogens with zero attached hydrogens (tertiary/aromatic N) is 1. The second-order valence-electron chi connectivity index (χ2n) is 3.60. The van der Waals surface area contributed by atoms with Crippen molar-refractivity contribution in [2.45, 2.75) is 12.5 Å². The number of rotatable bonds is 2. The summed E-state index contributed by atoms with van der Waals surface area (Å²) in [5, 5.41) is 1.84. The minimum atomic E-state index is 0.0297. The molecule has 4 nitrogen and oxygen atoms in total. The molecule has 82 valence electrons. The van der Waals surface area contributed by atoms with Gasteiger partial charge < -0.3 is 15.4 Å². The summed E-state index contributed by atoms with van der Waals surface area (Å²) in [6.45, 7) is 1.43. The van der Waals surface area contributed by atoms with Gasteiger partial charge in [0.1, 0.15) is 4.88 Å². The van der Waals surface area contributed by atoms with Crippen LogP contribution in [0.5, 0.6) is 0 Å². The van der Waals surface area contributed by atoms with Crippen LogP contribution in [0, 0.1) is 0 Å². The molecule has 2 rings (SSSR count). The first-order valence-electron chi connectivity index (χ1n) is 4.87. The number of thiophene rings is 1. The highest BCUT2D eigenvalue weighted by molar-refractivity contribution is 7.12. The summed E-state index contributed by atoms with van der Waals surface area (Å²) in [6, 6.07) is 1.77. The van der Waals surface area contributed by atoms with Gasteiger partial charge in [-0.3, -0.25) is 4.79 Å². The Morgan fingerprint density at radius 3 is 3.07 bits per heavy atom. The molecule has 0 aromatic carbocycles. The topological polar surface area (TPSA) is 55.6 Å². The number of carbonyl (C=O) groups excluding carboxylic acids is 1. The lowest BCUT2D eigenvalue weighted by atomic mass is 10.3. The lowest BCUT2D eigenvalue weighted by molar-refractivity contribution is 0.0729. The summed E-state index contributed by atoms with van der Waals surface area (Å²) < 4.78 is 5.22. The number of methoxy groups -OCH3 is 1. The summed E-state index contributed by atoms with van der Waals surface area (Å²) in [4.78, 5) is 14.4. The molecule has 1 aromatic heterocycles. The maximum Gasteiger partial charge on any atom is 0.266 e. The Bertz CT molecular complexity index is 364. The van der Waals surface area contributed by atoms with E-state index in [1.54, 1.807) is 18.1 Å². The molecule has 1 unspecified atom stereocenters. The van der Waals surface area contributed by atoms with Crippen molar-refractivity contribution >= 4 is 22.9 Å². The molecule has 1 aliphatic heterocycles. The molecule has 0 saturated carbocycles. The lowest BCUT2D eigenvalue weighted by Gasteiger charge is -2.15. The highest BCUT2D eigenvalue weighted by Gasteiger charge is 2.28. The largest absolute Gasteiger partial charge is 0.397 e. The van der Waals surface area contributed by atoms with Gasteiger partial charge in [0.2, 0.25) is 0 Å². The van der Waals surface area contributed by atoms with Crippen molar-refractivity contribution in [1.29, 1.82) is 0 Å². The molecule has 2 heterocycles. The average Bonchev–Trinajstić information content (AvgIpc) is 2.84. The molecule has 1 saturated heterocycles. The Balaban J connectivity index is 2.07. The second kappa shape index (κ2) is 4.20. The Morgan fingerprint density at radius 1 is 1.73 bits per heavy atom. The van der Waals surface area contributed by atoms with Gasteiger partial charge in [-0.2, -0.15) is 0 Å². The number of nitrogens with two attached hydrogens (primary N) is 1. The fourth-order valence-electron chi connectivity index (χ4n) is 1.74. The number of likely N-dealkylation sites (tertiary alicyclic amines) is 1. The third-order valence-electron chi connectivity index (χ3n) is 2.66. The van der Waals surface area contributed by atoms with Gasteiger partial charge in [0.05, 0.1) is 11.8 Å². The van der Waals surface area contributed by atoms with Crippen molar-refractivity contribution in [2.75, 3.05) is 25.9 Å². The van der Waals surface area contributed by atoms with Crippen LogP contribution in [0.2, 0.25) is 0 Å². The molecule has 0 radical (unpaired) electrons. The van der Waals surface area contributed by atoms with Crippen molar-refractivity contribution in [3.05, 3.63) is 16.3 Å². The van der Waals surface area contributed by atoms with Crippen LogP contribution >= 0.6 is 11.3 Å². The third kappa shape index (κ3) is 1.98. The van der Waals surface area contributed by atoms with E-state index in [4.69, 9.17) is 10.5 Å². The molecule has 15 heavy (non-hydrogen) atoms. The van der Waals surface area contributed by atoms with Crippen LogP contribution < -0.4 is 5.73 Å². The first-order valence-corrected chi connectivity index (χ1v) is 5.75. The Morgan fingerprint density at radius 2 is 2.53 bits per heavy atom. The van der Waals surface area contributed by atoms with Crippen molar-refractivity contribution in [3.8, 4) is 0 Å². The summed E-state index contributed by atoms with van der Waals surface area (Å²) in [7, 11) is 1.68. The van der Waals surface area contributed by atoms with Gasteiger partial charge in [0, 0.05) is 20.2 Å². The summed E-state index contributed by atoms with van der Waals surface area (Å²) in [5.41, 5.74) is 6.28. The Hall–Kier alpha value is -1.07. The highest BCUT2D eigenvalue weighted by atomic mass is 32.1. The fourth-order valence-corrected chi connectivity index (χ4v) is 2.53. The molecule has 1 amide bonds. The van der Waals surface area contributed by atoms with E-state index >= 15 is 0 Å².